The summed E-state index contributed by atoms with van der Waals surface area (Å²) in [7, 11) is 0. The van der Waals surface area contributed by atoms with Crippen molar-refractivity contribution in [1.82, 2.24) is 5.32 Å². The molecule has 78 valence electrons. The van der Waals surface area contributed by atoms with Gasteiger partial charge in [-0.15, -0.1) is 0 Å². The topological polar surface area (TPSA) is 58.6 Å². The Hall–Kier alpha value is -0.610. The normalized spacial score (nSPS) is 27.1. The van der Waals surface area contributed by atoms with Crippen LogP contribution >= 0.6 is 0 Å². The number of rotatable bonds is 1. The highest BCUT2D eigenvalue weighted by molar-refractivity contribution is 5.73. The average Bonchev–Trinajstić information content (AvgIpc) is 2.12. The molecule has 1 saturated heterocycles. The van der Waals surface area contributed by atoms with E-state index in [0.29, 0.717) is 19.6 Å². The molecule has 0 aromatic heterocycles. The highest BCUT2D eigenvalue weighted by atomic mass is 16.5. The Kier molecular flexibility index (Phi) is 6.54. The van der Waals surface area contributed by atoms with E-state index in [1.807, 2.05) is 13.8 Å². The molecule has 1 rings (SSSR count). The molecule has 0 bridgehead atoms. The van der Waals surface area contributed by atoms with Crippen molar-refractivity contribution in [2.24, 2.45) is 0 Å². The number of aliphatic hydroxyl groups excluding tert-OH is 1. The number of carbonyl (C=O) groups is 1. The predicted molar refractivity (Wildman–Crippen MR) is 50.4 cm³/mol. The standard InChI is InChI=1S/C7H13NO3.C2H6/c1-5(9)8-6-2-3-11-4-7(6)10;1-2/h6-7,10H,2-4H2,1H3,(H,8,9);1-2H3. The van der Waals surface area contributed by atoms with Crippen molar-refractivity contribution < 1.29 is 14.6 Å². The van der Waals surface area contributed by atoms with Gasteiger partial charge in [-0.3, -0.25) is 4.79 Å². The quantitative estimate of drug-likeness (QED) is 0.623. The summed E-state index contributed by atoms with van der Waals surface area (Å²) in [6.45, 7) is 6.38. The molecule has 1 amide bonds. The fraction of sp³-hybridized carbons (Fsp3) is 0.889. The molecule has 1 aliphatic rings. The van der Waals surface area contributed by atoms with Crippen LogP contribution in [0.4, 0.5) is 0 Å². The van der Waals surface area contributed by atoms with E-state index in [9.17, 15) is 9.90 Å². The van der Waals surface area contributed by atoms with Gasteiger partial charge in [0, 0.05) is 13.5 Å². The zero-order valence-electron chi connectivity index (χ0n) is 8.54. The third-order valence-electron chi connectivity index (χ3n) is 1.71. The van der Waals surface area contributed by atoms with Crippen molar-refractivity contribution in [3.05, 3.63) is 0 Å². The molecule has 4 heteroatoms. The molecule has 0 saturated carbocycles. The fourth-order valence-electron chi connectivity index (χ4n) is 1.15. The summed E-state index contributed by atoms with van der Waals surface area (Å²) in [5.41, 5.74) is 0. The van der Waals surface area contributed by atoms with E-state index in [1.165, 1.54) is 6.92 Å². The molecule has 0 radical (unpaired) electrons. The Balaban J connectivity index is 0.000000671. The van der Waals surface area contributed by atoms with Crippen LogP contribution in [0.3, 0.4) is 0 Å². The van der Waals surface area contributed by atoms with Crippen LogP contribution in [0, 0.1) is 0 Å². The van der Waals surface area contributed by atoms with E-state index in [0.717, 1.165) is 0 Å². The second-order valence-electron chi connectivity index (χ2n) is 2.74. The maximum Gasteiger partial charge on any atom is 0.217 e. The minimum absolute atomic E-state index is 0.101. The smallest absolute Gasteiger partial charge is 0.217 e. The number of carbonyl (C=O) groups excluding carboxylic acids is 1. The highest BCUT2D eigenvalue weighted by Gasteiger charge is 2.23. The van der Waals surface area contributed by atoms with Crippen LogP contribution in [0.2, 0.25) is 0 Å². The van der Waals surface area contributed by atoms with Crippen molar-refractivity contribution in [3.8, 4) is 0 Å². The van der Waals surface area contributed by atoms with Crippen LogP contribution < -0.4 is 5.32 Å². The Morgan fingerprint density at radius 3 is 2.62 bits per heavy atom. The summed E-state index contributed by atoms with van der Waals surface area (Å²) in [4.78, 5) is 10.6. The second kappa shape index (κ2) is 6.86. The first-order valence-corrected chi connectivity index (χ1v) is 4.73. The molecule has 2 atom stereocenters. The predicted octanol–water partition coefficient (Wildman–Crippen LogP) is 0.299. The largest absolute Gasteiger partial charge is 0.389 e. The minimum atomic E-state index is -0.548. The summed E-state index contributed by atoms with van der Waals surface area (Å²) in [5.74, 6) is -0.101. The van der Waals surface area contributed by atoms with Crippen LogP contribution in [0.1, 0.15) is 27.2 Å². The summed E-state index contributed by atoms with van der Waals surface area (Å²) in [5, 5.41) is 11.9. The summed E-state index contributed by atoms with van der Waals surface area (Å²) in [6.07, 6.45) is 0.147. The SMILES string of the molecule is CC.CC(=O)NC1CCOCC1O. The van der Waals surface area contributed by atoms with Gasteiger partial charge < -0.3 is 15.2 Å². The number of aliphatic hydroxyl groups is 1. The molecule has 2 N–H and O–H groups in total. The van der Waals surface area contributed by atoms with Crippen LogP contribution in [0.25, 0.3) is 0 Å². The van der Waals surface area contributed by atoms with E-state index in [4.69, 9.17) is 4.74 Å². The average molecular weight is 189 g/mol. The van der Waals surface area contributed by atoms with Crippen molar-refractivity contribution in [2.75, 3.05) is 13.2 Å². The van der Waals surface area contributed by atoms with Gasteiger partial charge in [0.2, 0.25) is 5.91 Å². The molecule has 1 fully saturated rings. The van der Waals surface area contributed by atoms with Gasteiger partial charge in [0.15, 0.2) is 0 Å². The van der Waals surface area contributed by atoms with Crippen molar-refractivity contribution in [1.29, 1.82) is 0 Å². The lowest BCUT2D eigenvalue weighted by molar-refractivity contribution is -0.122. The van der Waals surface area contributed by atoms with Gasteiger partial charge in [-0.1, -0.05) is 13.8 Å². The van der Waals surface area contributed by atoms with Crippen LogP contribution in [-0.4, -0.2) is 36.4 Å². The van der Waals surface area contributed by atoms with Gasteiger partial charge in [-0.25, -0.2) is 0 Å². The summed E-state index contributed by atoms with van der Waals surface area (Å²) in [6, 6.07) is -0.124. The summed E-state index contributed by atoms with van der Waals surface area (Å²) >= 11 is 0. The van der Waals surface area contributed by atoms with Crippen molar-refractivity contribution >= 4 is 5.91 Å². The van der Waals surface area contributed by atoms with Gasteiger partial charge in [0.25, 0.3) is 0 Å². The Labute approximate surface area is 79.3 Å². The molecule has 2 unspecified atom stereocenters. The number of hydrogen-bond acceptors (Lipinski definition) is 3. The van der Waals surface area contributed by atoms with Crippen LogP contribution in [-0.2, 0) is 9.53 Å². The number of ether oxygens (including phenoxy) is 1. The zero-order valence-corrected chi connectivity index (χ0v) is 8.54. The number of amides is 1. The van der Waals surface area contributed by atoms with Crippen molar-refractivity contribution in [3.63, 3.8) is 0 Å². The van der Waals surface area contributed by atoms with E-state index in [-0.39, 0.29) is 11.9 Å². The molecular formula is C9H19NO3. The molecule has 13 heavy (non-hydrogen) atoms. The Bertz CT molecular complexity index is 150. The zero-order chi connectivity index (χ0) is 10.3. The minimum Gasteiger partial charge on any atom is -0.389 e. The van der Waals surface area contributed by atoms with E-state index in [2.05, 4.69) is 5.32 Å². The monoisotopic (exact) mass is 189 g/mol. The molecule has 0 aromatic rings. The van der Waals surface area contributed by atoms with Gasteiger partial charge >= 0.3 is 0 Å². The number of nitrogens with one attached hydrogen (secondary N) is 1. The van der Waals surface area contributed by atoms with Crippen LogP contribution in [0.5, 0.6) is 0 Å². The van der Waals surface area contributed by atoms with Gasteiger partial charge in [0.05, 0.1) is 18.8 Å². The molecule has 1 aliphatic heterocycles. The van der Waals surface area contributed by atoms with Crippen LogP contribution in [0.15, 0.2) is 0 Å². The molecule has 4 nitrogen and oxygen atoms in total. The third-order valence-corrected chi connectivity index (χ3v) is 1.71. The third kappa shape index (κ3) is 4.85. The molecule has 0 aliphatic carbocycles. The molecule has 0 spiro atoms. The van der Waals surface area contributed by atoms with Gasteiger partial charge in [-0.2, -0.15) is 0 Å². The first-order chi connectivity index (χ1) is 6.20. The van der Waals surface area contributed by atoms with Gasteiger partial charge in [0.1, 0.15) is 0 Å². The maximum absolute atomic E-state index is 10.6. The maximum atomic E-state index is 10.6. The second-order valence-corrected chi connectivity index (χ2v) is 2.74. The molecule has 0 aromatic carbocycles. The van der Waals surface area contributed by atoms with E-state index in [1.54, 1.807) is 0 Å². The first kappa shape index (κ1) is 12.4. The Morgan fingerprint density at radius 1 is 1.54 bits per heavy atom. The Morgan fingerprint density at radius 2 is 2.15 bits per heavy atom. The lowest BCUT2D eigenvalue weighted by atomic mass is 10.1. The number of hydrogen-bond donors (Lipinski definition) is 2. The van der Waals surface area contributed by atoms with Crippen molar-refractivity contribution in [2.45, 2.75) is 39.3 Å². The first-order valence-electron chi connectivity index (χ1n) is 4.73. The fourth-order valence-corrected chi connectivity index (χ4v) is 1.15. The summed E-state index contributed by atoms with van der Waals surface area (Å²) < 4.78 is 4.99. The van der Waals surface area contributed by atoms with E-state index < -0.39 is 6.10 Å². The van der Waals surface area contributed by atoms with Gasteiger partial charge in [-0.05, 0) is 6.42 Å². The lowest BCUT2D eigenvalue weighted by Crippen LogP contribution is -2.48. The van der Waals surface area contributed by atoms with E-state index >= 15 is 0 Å². The lowest BCUT2D eigenvalue weighted by Gasteiger charge is -2.27. The highest BCUT2D eigenvalue weighted by Crippen LogP contribution is 2.06. The molecule has 1 heterocycles. The molecular weight excluding hydrogens is 170 g/mol.